The summed E-state index contributed by atoms with van der Waals surface area (Å²) < 4.78 is 20.9. The lowest BCUT2D eigenvalue weighted by molar-refractivity contribution is 0.211. The smallest absolute Gasteiger partial charge is 0.230 e. The van der Waals surface area contributed by atoms with Crippen LogP contribution in [0.3, 0.4) is 0 Å². The van der Waals surface area contributed by atoms with Crippen LogP contribution in [0.5, 0.6) is 11.6 Å². The number of halogens is 1. The number of rotatable bonds is 5. The van der Waals surface area contributed by atoms with Crippen LogP contribution in [0, 0.1) is 12.7 Å². The van der Waals surface area contributed by atoms with Crippen LogP contribution in [0.4, 0.5) is 10.1 Å². The highest BCUT2D eigenvalue weighted by Crippen LogP contribution is 2.40. The fraction of sp³-hybridized carbons (Fsp3) is 0.304. The van der Waals surface area contributed by atoms with E-state index in [0.29, 0.717) is 10.8 Å². The molecule has 32 heavy (non-hydrogen) atoms. The maximum atomic E-state index is 14.1. The summed E-state index contributed by atoms with van der Waals surface area (Å²) in [5.41, 5.74) is 1.95. The number of aryl methyl sites for hydroxylation is 1. The summed E-state index contributed by atoms with van der Waals surface area (Å²) in [5, 5.41) is 15.2. The van der Waals surface area contributed by atoms with E-state index in [1.807, 2.05) is 18.2 Å². The Morgan fingerprint density at radius 2 is 1.84 bits per heavy atom. The Morgan fingerprint density at radius 1 is 1.09 bits per heavy atom. The number of anilines is 1. The van der Waals surface area contributed by atoms with Crippen molar-refractivity contribution in [2.24, 2.45) is 0 Å². The number of methoxy groups -OCH3 is 1. The predicted molar refractivity (Wildman–Crippen MR) is 122 cm³/mol. The standard InChI is InChI=1S/C23H24FN5O2S/c1-15-25-23-29(26-15)22(30)21(32-23)20(16-4-3-5-17(24)14-16)28-12-10-27(11-13-28)18-6-8-19(31-2)9-7-18/h3-9,14,20,30H,10-13H2,1-2H3. The second-order valence-corrected chi connectivity index (χ2v) is 8.83. The Kier molecular flexibility index (Phi) is 5.44. The largest absolute Gasteiger partial charge is 0.497 e. The molecule has 1 unspecified atom stereocenters. The molecule has 0 radical (unpaired) electrons. The number of hydrogen-bond donors (Lipinski definition) is 1. The van der Waals surface area contributed by atoms with Crippen molar-refractivity contribution in [1.29, 1.82) is 0 Å². The van der Waals surface area contributed by atoms with Gasteiger partial charge in [-0.2, -0.15) is 4.52 Å². The summed E-state index contributed by atoms with van der Waals surface area (Å²) in [6, 6.07) is 14.4. The minimum absolute atomic E-state index is 0.0671. The lowest BCUT2D eigenvalue weighted by Gasteiger charge is -2.40. The van der Waals surface area contributed by atoms with Gasteiger partial charge in [-0.15, -0.1) is 5.10 Å². The predicted octanol–water partition coefficient (Wildman–Crippen LogP) is 3.86. The number of hydrogen-bond acceptors (Lipinski definition) is 7. The van der Waals surface area contributed by atoms with Crippen LogP contribution in [0.1, 0.15) is 22.3 Å². The molecule has 1 aliphatic heterocycles. The number of thiazole rings is 1. The number of piperazine rings is 1. The molecule has 1 aliphatic rings. The third kappa shape index (κ3) is 3.78. The monoisotopic (exact) mass is 453 g/mol. The van der Waals surface area contributed by atoms with Gasteiger partial charge >= 0.3 is 0 Å². The van der Waals surface area contributed by atoms with Gasteiger partial charge < -0.3 is 14.7 Å². The minimum atomic E-state index is -0.292. The van der Waals surface area contributed by atoms with Crippen molar-refractivity contribution in [3.05, 3.63) is 70.6 Å². The van der Waals surface area contributed by atoms with Gasteiger partial charge in [0.05, 0.1) is 18.0 Å². The highest BCUT2D eigenvalue weighted by Gasteiger charge is 2.32. The minimum Gasteiger partial charge on any atom is -0.497 e. The molecular formula is C23H24FN5O2S. The van der Waals surface area contributed by atoms with Crippen LogP contribution in [0.25, 0.3) is 4.96 Å². The zero-order valence-electron chi connectivity index (χ0n) is 17.9. The van der Waals surface area contributed by atoms with Gasteiger partial charge in [-0.1, -0.05) is 23.5 Å². The summed E-state index contributed by atoms with van der Waals surface area (Å²) in [6.45, 7) is 4.96. The molecule has 5 rings (SSSR count). The van der Waals surface area contributed by atoms with Crippen molar-refractivity contribution in [2.75, 3.05) is 38.2 Å². The van der Waals surface area contributed by atoms with E-state index in [1.54, 1.807) is 26.2 Å². The highest BCUT2D eigenvalue weighted by molar-refractivity contribution is 7.17. The number of ether oxygens (including phenoxy) is 1. The second kappa shape index (κ2) is 8.40. The summed E-state index contributed by atoms with van der Waals surface area (Å²) in [6.07, 6.45) is 0. The first-order chi connectivity index (χ1) is 15.5. The summed E-state index contributed by atoms with van der Waals surface area (Å²) >= 11 is 1.40. The molecule has 1 saturated heterocycles. The third-order valence-electron chi connectivity index (χ3n) is 5.84. The van der Waals surface area contributed by atoms with Crippen molar-refractivity contribution in [1.82, 2.24) is 19.5 Å². The first kappa shape index (κ1) is 20.7. The Labute approximate surface area is 189 Å². The Balaban J connectivity index is 1.44. The molecular weight excluding hydrogens is 429 g/mol. The van der Waals surface area contributed by atoms with E-state index < -0.39 is 0 Å². The molecule has 0 bridgehead atoms. The van der Waals surface area contributed by atoms with Gasteiger partial charge in [0, 0.05) is 31.9 Å². The molecule has 2 aromatic heterocycles. The third-order valence-corrected chi connectivity index (χ3v) is 6.91. The van der Waals surface area contributed by atoms with Crippen LogP contribution in [0.15, 0.2) is 48.5 Å². The zero-order chi connectivity index (χ0) is 22.2. The maximum absolute atomic E-state index is 14.1. The summed E-state index contributed by atoms with van der Waals surface area (Å²) in [5.74, 6) is 1.21. The Morgan fingerprint density at radius 3 is 2.50 bits per heavy atom. The lowest BCUT2D eigenvalue weighted by atomic mass is 10.0. The second-order valence-electron chi connectivity index (χ2n) is 7.82. The molecule has 9 heteroatoms. The normalized spacial score (nSPS) is 15.9. The summed E-state index contributed by atoms with van der Waals surface area (Å²) in [7, 11) is 1.66. The van der Waals surface area contributed by atoms with Crippen LogP contribution in [-0.2, 0) is 0 Å². The van der Waals surface area contributed by atoms with Gasteiger partial charge in [0.2, 0.25) is 10.8 Å². The molecule has 1 atom stereocenters. The first-order valence-corrected chi connectivity index (χ1v) is 11.3. The number of benzene rings is 2. The number of aromatic nitrogens is 3. The van der Waals surface area contributed by atoms with E-state index in [9.17, 15) is 9.50 Å². The fourth-order valence-corrected chi connectivity index (χ4v) is 5.42. The average molecular weight is 454 g/mol. The topological polar surface area (TPSA) is 66.1 Å². The maximum Gasteiger partial charge on any atom is 0.230 e. The number of aromatic hydroxyl groups is 1. The number of fused-ring (bicyclic) bond motifs is 1. The van der Waals surface area contributed by atoms with Crippen LogP contribution in [-0.4, -0.2) is 57.9 Å². The van der Waals surface area contributed by atoms with E-state index in [4.69, 9.17) is 4.74 Å². The molecule has 4 aromatic rings. The van der Waals surface area contributed by atoms with Gasteiger partial charge in [-0.25, -0.2) is 9.37 Å². The fourth-order valence-electron chi connectivity index (χ4n) is 4.26. The molecule has 3 heterocycles. The molecule has 0 saturated carbocycles. The molecule has 2 aromatic carbocycles. The lowest BCUT2D eigenvalue weighted by Crippen LogP contribution is -2.47. The molecule has 0 amide bonds. The van der Waals surface area contributed by atoms with E-state index in [-0.39, 0.29) is 17.7 Å². The van der Waals surface area contributed by atoms with Crippen molar-refractivity contribution in [2.45, 2.75) is 13.0 Å². The molecule has 1 N–H and O–H groups in total. The molecule has 1 fully saturated rings. The van der Waals surface area contributed by atoms with E-state index in [2.05, 4.69) is 32.0 Å². The van der Waals surface area contributed by atoms with E-state index >= 15 is 0 Å². The van der Waals surface area contributed by atoms with Crippen molar-refractivity contribution >= 4 is 22.0 Å². The Hall–Kier alpha value is -3.17. The van der Waals surface area contributed by atoms with Gasteiger partial charge in [0.25, 0.3) is 0 Å². The van der Waals surface area contributed by atoms with E-state index in [1.165, 1.54) is 21.9 Å². The SMILES string of the molecule is COc1ccc(N2CCN(C(c3cccc(F)c3)c3sc4nc(C)nn4c3O)CC2)cc1. The van der Waals surface area contributed by atoms with Gasteiger partial charge in [0.1, 0.15) is 17.4 Å². The molecule has 0 aliphatic carbocycles. The zero-order valence-corrected chi connectivity index (χ0v) is 18.7. The Bertz CT molecular complexity index is 1230. The van der Waals surface area contributed by atoms with Crippen LogP contribution >= 0.6 is 11.3 Å². The molecule has 166 valence electrons. The van der Waals surface area contributed by atoms with Crippen LogP contribution < -0.4 is 9.64 Å². The first-order valence-electron chi connectivity index (χ1n) is 10.5. The number of nitrogens with zero attached hydrogens (tertiary/aromatic N) is 5. The van der Waals surface area contributed by atoms with Crippen LogP contribution in [0.2, 0.25) is 0 Å². The molecule has 0 spiro atoms. The quantitative estimate of drug-likeness (QED) is 0.495. The van der Waals surface area contributed by atoms with Crippen molar-refractivity contribution < 1.29 is 14.2 Å². The average Bonchev–Trinajstić information content (AvgIpc) is 3.31. The van der Waals surface area contributed by atoms with Gasteiger partial charge in [-0.3, -0.25) is 4.90 Å². The highest BCUT2D eigenvalue weighted by atomic mass is 32.1. The van der Waals surface area contributed by atoms with Gasteiger partial charge in [0.15, 0.2) is 0 Å². The van der Waals surface area contributed by atoms with Gasteiger partial charge in [-0.05, 0) is 48.9 Å². The van der Waals surface area contributed by atoms with Crippen molar-refractivity contribution in [3.63, 3.8) is 0 Å². The summed E-state index contributed by atoms with van der Waals surface area (Å²) in [4.78, 5) is 10.4. The molecule has 7 nitrogen and oxygen atoms in total. The van der Waals surface area contributed by atoms with Crippen molar-refractivity contribution in [3.8, 4) is 11.6 Å². The van der Waals surface area contributed by atoms with E-state index in [0.717, 1.165) is 48.1 Å².